The molecular formula is C30H24F9N7O2S. The molecule has 2 N–H and O–H groups in total. The lowest BCUT2D eigenvalue weighted by molar-refractivity contribution is -0.143. The summed E-state index contributed by atoms with van der Waals surface area (Å²) >= 11 is 1.20. The third-order valence-corrected chi connectivity index (χ3v) is 8.44. The molecule has 0 amide bonds. The number of nitrogens with zero attached hydrogens (tertiary/aromatic N) is 7. The number of halogens is 9. The average molecular weight is 718 g/mol. The lowest BCUT2D eigenvalue weighted by Gasteiger charge is -2.24. The van der Waals surface area contributed by atoms with Gasteiger partial charge in [0.05, 0.1) is 35.1 Å². The molecule has 0 bridgehead atoms. The van der Waals surface area contributed by atoms with E-state index in [4.69, 9.17) is 0 Å². The van der Waals surface area contributed by atoms with E-state index in [0.29, 0.717) is 34.0 Å². The topological polar surface area (TPSA) is 103 Å². The van der Waals surface area contributed by atoms with E-state index < -0.39 is 53.9 Å². The molecule has 0 aliphatic heterocycles. The summed E-state index contributed by atoms with van der Waals surface area (Å²) in [6.45, 7) is 0.590. The second-order valence-electron chi connectivity index (χ2n) is 10.7. The standard InChI is InChI=1S/C30H24F9N7O2S/c1-3-24-25(40-26(49-24)17-5-4-6-22(12-17)46(47)48)23-8-7-19(28(31,32)33)11-18(23)15-45(27-41-43-44(2)42-27)14-16-9-20(29(34,35)36)13-21(10-16)30(37,38)39/h4-13,47-48H,3,14-15H2,1-2H3. The Balaban J connectivity index is 1.65. The van der Waals surface area contributed by atoms with Gasteiger partial charge in [0.1, 0.15) is 5.01 Å². The Morgan fingerprint density at radius 1 is 0.796 bits per heavy atom. The van der Waals surface area contributed by atoms with Gasteiger partial charge in [-0.1, -0.05) is 30.2 Å². The maximum atomic E-state index is 14.0. The molecule has 0 fully saturated rings. The van der Waals surface area contributed by atoms with E-state index in [1.54, 1.807) is 13.0 Å². The zero-order chi connectivity index (χ0) is 35.9. The first kappa shape index (κ1) is 35.6. The Hall–Kier alpha value is -4.75. The molecule has 49 heavy (non-hydrogen) atoms. The van der Waals surface area contributed by atoms with E-state index in [1.807, 2.05) is 0 Å². The van der Waals surface area contributed by atoms with E-state index >= 15 is 0 Å². The van der Waals surface area contributed by atoms with Crippen LogP contribution in [0.5, 0.6) is 0 Å². The van der Waals surface area contributed by atoms with Crippen LogP contribution in [0.25, 0.3) is 21.8 Å². The fourth-order valence-corrected chi connectivity index (χ4v) is 5.97. The summed E-state index contributed by atoms with van der Waals surface area (Å²) in [5.74, 6) is -0.277. The van der Waals surface area contributed by atoms with Gasteiger partial charge < -0.3 is 4.90 Å². The van der Waals surface area contributed by atoms with Crippen LogP contribution in [0.2, 0.25) is 0 Å². The molecular weight excluding hydrogens is 693 g/mol. The van der Waals surface area contributed by atoms with Crippen LogP contribution >= 0.6 is 11.3 Å². The van der Waals surface area contributed by atoms with Crippen molar-refractivity contribution in [3.05, 3.63) is 93.4 Å². The van der Waals surface area contributed by atoms with Crippen LogP contribution in [0.3, 0.4) is 0 Å². The Labute approximate surface area is 275 Å². The minimum Gasteiger partial charge on any atom is -0.330 e. The maximum absolute atomic E-state index is 14.0. The van der Waals surface area contributed by atoms with Gasteiger partial charge in [0, 0.05) is 29.1 Å². The Kier molecular flexibility index (Phi) is 9.64. The molecule has 0 spiro atoms. The van der Waals surface area contributed by atoms with Gasteiger partial charge in [-0.15, -0.1) is 21.7 Å². The van der Waals surface area contributed by atoms with Crippen LogP contribution in [0, 0.1) is 0 Å². The van der Waals surface area contributed by atoms with Crippen molar-refractivity contribution in [3.8, 4) is 21.8 Å². The molecule has 5 rings (SSSR count). The van der Waals surface area contributed by atoms with Crippen molar-refractivity contribution in [3.63, 3.8) is 0 Å². The predicted molar refractivity (Wildman–Crippen MR) is 159 cm³/mol. The van der Waals surface area contributed by atoms with Crippen LogP contribution in [-0.4, -0.2) is 35.6 Å². The van der Waals surface area contributed by atoms with Gasteiger partial charge in [0.25, 0.3) is 5.95 Å². The summed E-state index contributed by atoms with van der Waals surface area (Å²) in [5, 5.41) is 30.7. The molecule has 0 aliphatic rings. The molecule has 0 unspecified atom stereocenters. The quantitative estimate of drug-likeness (QED) is 0.116. The van der Waals surface area contributed by atoms with Gasteiger partial charge in [0.15, 0.2) is 0 Å². The Morgan fingerprint density at radius 2 is 1.45 bits per heavy atom. The molecule has 19 heteroatoms. The number of aromatic nitrogens is 5. The first-order valence-electron chi connectivity index (χ1n) is 14.1. The number of hydrogen-bond donors (Lipinski definition) is 2. The highest BCUT2D eigenvalue weighted by atomic mass is 32.1. The molecule has 0 saturated heterocycles. The number of thiazole rings is 1. The molecule has 0 radical (unpaired) electrons. The van der Waals surface area contributed by atoms with Gasteiger partial charge in [-0.3, -0.25) is 10.4 Å². The van der Waals surface area contributed by atoms with Crippen molar-refractivity contribution in [1.29, 1.82) is 0 Å². The van der Waals surface area contributed by atoms with Crippen LogP contribution < -0.4 is 10.1 Å². The normalized spacial score (nSPS) is 12.4. The Morgan fingerprint density at radius 3 is 2.00 bits per heavy atom. The molecule has 0 saturated carbocycles. The fourth-order valence-electron chi connectivity index (χ4n) is 4.96. The minimum atomic E-state index is -5.13. The van der Waals surface area contributed by atoms with Gasteiger partial charge >= 0.3 is 18.5 Å². The molecule has 0 aliphatic carbocycles. The van der Waals surface area contributed by atoms with E-state index in [0.717, 1.165) is 21.8 Å². The van der Waals surface area contributed by atoms with Crippen LogP contribution in [-0.2, 0) is 45.1 Å². The summed E-state index contributed by atoms with van der Waals surface area (Å²) in [4.78, 5) is 7.37. The maximum Gasteiger partial charge on any atom is 0.416 e. The average Bonchev–Trinajstić information content (AvgIpc) is 3.66. The molecule has 2 aromatic heterocycles. The second kappa shape index (κ2) is 13.3. The van der Waals surface area contributed by atoms with Crippen molar-refractivity contribution in [2.75, 3.05) is 10.1 Å². The lowest BCUT2D eigenvalue weighted by atomic mass is 9.98. The van der Waals surface area contributed by atoms with Crippen molar-refractivity contribution in [2.45, 2.75) is 45.0 Å². The molecule has 260 valence electrons. The van der Waals surface area contributed by atoms with Crippen molar-refractivity contribution < 1.29 is 49.9 Å². The first-order valence-corrected chi connectivity index (χ1v) is 14.9. The second-order valence-corrected chi connectivity index (χ2v) is 11.8. The summed E-state index contributed by atoms with van der Waals surface area (Å²) in [5.41, 5.74) is -3.77. The third-order valence-electron chi connectivity index (χ3n) is 7.19. The number of rotatable bonds is 9. The SMILES string of the molecule is CCc1sc(-c2cccc(N(O)O)c2)nc1-c1ccc(C(F)(F)F)cc1CN(Cc1cc(C(F)(F)F)cc(C(F)(F)F)c1)c1nnn(C)n1. The lowest BCUT2D eigenvalue weighted by Crippen LogP contribution is -2.25. The third kappa shape index (κ3) is 8.11. The van der Waals surface area contributed by atoms with E-state index in [9.17, 15) is 49.9 Å². The largest absolute Gasteiger partial charge is 0.416 e. The van der Waals surface area contributed by atoms with Crippen molar-refractivity contribution >= 4 is 23.0 Å². The van der Waals surface area contributed by atoms with Crippen molar-refractivity contribution in [1.82, 2.24) is 25.2 Å². The van der Waals surface area contributed by atoms with Gasteiger partial charge in [-0.05, 0) is 65.2 Å². The van der Waals surface area contributed by atoms with Gasteiger partial charge in [-0.25, -0.2) is 4.98 Å². The molecule has 5 aromatic rings. The molecule has 3 aromatic carbocycles. The number of aryl methyl sites for hydroxylation is 2. The molecule has 2 heterocycles. The van der Waals surface area contributed by atoms with Gasteiger partial charge in [0.2, 0.25) is 0 Å². The van der Waals surface area contributed by atoms with E-state index in [2.05, 4.69) is 20.4 Å². The summed E-state index contributed by atoms with van der Waals surface area (Å²) < 4.78 is 124. The van der Waals surface area contributed by atoms with Crippen molar-refractivity contribution in [2.24, 2.45) is 7.05 Å². The molecule has 0 atom stereocenters. The smallest absolute Gasteiger partial charge is 0.330 e. The number of benzene rings is 3. The van der Waals surface area contributed by atoms with Crippen LogP contribution in [0.4, 0.5) is 51.1 Å². The highest BCUT2D eigenvalue weighted by Gasteiger charge is 2.37. The first-order chi connectivity index (χ1) is 22.8. The highest BCUT2D eigenvalue weighted by Crippen LogP contribution is 2.40. The highest BCUT2D eigenvalue weighted by molar-refractivity contribution is 7.15. The summed E-state index contributed by atoms with van der Waals surface area (Å²) in [7, 11) is 1.35. The fraction of sp³-hybridized carbons (Fsp3) is 0.267. The van der Waals surface area contributed by atoms with Crippen LogP contribution in [0.1, 0.15) is 39.6 Å². The monoisotopic (exact) mass is 717 g/mol. The minimum absolute atomic E-state index is 0.0119. The Bertz CT molecular complexity index is 1920. The zero-order valence-corrected chi connectivity index (χ0v) is 26.0. The number of hydrogen-bond acceptors (Lipinski definition) is 9. The summed E-state index contributed by atoms with van der Waals surface area (Å²) in [6.07, 6.45) is -14.7. The number of alkyl halides is 9. The number of tetrazole rings is 1. The van der Waals surface area contributed by atoms with E-state index in [-0.39, 0.29) is 39.7 Å². The van der Waals surface area contributed by atoms with E-state index in [1.165, 1.54) is 42.6 Å². The summed E-state index contributed by atoms with van der Waals surface area (Å²) in [6, 6.07) is 9.83. The predicted octanol–water partition coefficient (Wildman–Crippen LogP) is 8.41. The van der Waals surface area contributed by atoms with Gasteiger partial charge in [-0.2, -0.15) is 44.3 Å². The zero-order valence-electron chi connectivity index (χ0n) is 25.2. The molecule has 9 nitrogen and oxygen atoms in total. The number of anilines is 2. The van der Waals surface area contributed by atoms with Crippen LogP contribution in [0.15, 0.2) is 60.7 Å².